The molecule has 0 unspecified atom stereocenters. The molecule has 24 heavy (non-hydrogen) atoms. The third kappa shape index (κ3) is 2.78. The van der Waals surface area contributed by atoms with E-state index in [1.165, 1.54) is 37.4 Å². The lowest BCUT2D eigenvalue weighted by atomic mass is 9.98. The third-order valence-electron chi connectivity index (χ3n) is 3.57. The molecule has 0 saturated carbocycles. The molecule has 0 aliphatic carbocycles. The number of aromatic amines is 2. The van der Waals surface area contributed by atoms with Gasteiger partial charge in [0.2, 0.25) is 0 Å². The predicted octanol–water partition coefficient (Wildman–Crippen LogP) is 2.91. The Morgan fingerprint density at radius 3 is 1.96 bits per heavy atom. The van der Waals surface area contributed by atoms with Crippen LogP contribution in [0.5, 0.6) is 5.75 Å². The number of H-pyrrole nitrogens is 2. The van der Waals surface area contributed by atoms with E-state index in [1.54, 1.807) is 0 Å². The molecule has 2 aromatic carbocycles. The second-order valence-electron chi connectivity index (χ2n) is 5.08. The first-order valence-corrected chi connectivity index (χ1v) is 6.81. The fourth-order valence-electron chi connectivity index (χ4n) is 2.41. The second kappa shape index (κ2) is 5.55. The molecule has 0 saturated heterocycles. The van der Waals surface area contributed by atoms with Crippen molar-refractivity contribution in [2.24, 2.45) is 0 Å². The Hall–Kier alpha value is -3.03. The van der Waals surface area contributed by atoms with E-state index in [9.17, 15) is 22.8 Å². The van der Waals surface area contributed by atoms with Gasteiger partial charge in [-0.2, -0.15) is 13.2 Å². The monoisotopic (exact) mass is 336 g/mol. The minimum absolute atomic E-state index is 0.0933. The first-order valence-electron chi connectivity index (χ1n) is 6.81. The van der Waals surface area contributed by atoms with Gasteiger partial charge in [0.1, 0.15) is 5.75 Å². The van der Waals surface area contributed by atoms with Gasteiger partial charge in [-0.1, -0.05) is 12.1 Å². The van der Waals surface area contributed by atoms with E-state index in [1.807, 2.05) is 0 Å². The normalized spacial score (nSPS) is 11.7. The molecule has 3 aromatic rings. The molecule has 0 spiro atoms. The van der Waals surface area contributed by atoms with E-state index in [0.717, 1.165) is 6.07 Å². The number of methoxy groups -OCH3 is 1. The van der Waals surface area contributed by atoms with Gasteiger partial charge in [0.05, 0.1) is 23.7 Å². The van der Waals surface area contributed by atoms with Crippen molar-refractivity contribution >= 4 is 11.0 Å². The largest absolute Gasteiger partial charge is 0.497 e. The standard InChI is InChI=1S/C16H11F3N2O3/c1-24-9-4-2-8(3-5-9)10-6-12-13(7-11(10)16(17,18)19)21-15(23)14(22)20-12/h2-7H,1H3,(H,20,22)(H,21,23). The summed E-state index contributed by atoms with van der Waals surface area (Å²) in [6.07, 6.45) is -4.63. The van der Waals surface area contributed by atoms with Crippen molar-refractivity contribution in [3.8, 4) is 16.9 Å². The number of hydrogen-bond donors (Lipinski definition) is 2. The van der Waals surface area contributed by atoms with Crippen LogP contribution in [0.15, 0.2) is 46.0 Å². The summed E-state index contributed by atoms with van der Waals surface area (Å²) in [7, 11) is 1.45. The molecule has 124 valence electrons. The smallest absolute Gasteiger partial charge is 0.417 e. The summed E-state index contributed by atoms with van der Waals surface area (Å²) < 4.78 is 45.2. The Balaban J connectivity index is 2.32. The van der Waals surface area contributed by atoms with Crippen LogP contribution in [0.2, 0.25) is 0 Å². The summed E-state index contributed by atoms with van der Waals surface area (Å²) in [5.74, 6) is 0.505. The highest BCUT2D eigenvalue weighted by Crippen LogP contribution is 2.39. The van der Waals surface area contributed by atoms with Gasteiger partial charge in [-0.25, -0.2) is 0 Å². The van der Waals surface area contributed by atoms with Crippen molar-refractivity contribution in [1.29, 1.82) is 0 Å². The van der Waals surface area contributed by atoms with Crippen LogP contribution in [0.3, 0.4) is 0 Å². The molecule has 0 amide bonds. The van der Waals surface area contributed by atoms with Crippen molar-refractivity contribution < 1.29 is 17.9 Å². The van der Waals surface area contributed by atoms with Crippen LogP contribution < -0.4 is 15.9 Å². The van der Waals surface area contributed by atoms with Gasteiger partial charge in [-0.15, -0.1) is 0 Å². The number of halogens is 3. The van der Waals surface area contributed by atoms with E-state index in [-0.39, 0.29) is 16.6 Å². The first-order chi connectivity index (χ1) is 11.3. The summed E-state index contributed by atoms with van der Waals surface area (Å²) in [5, 5.41) is 0. The van der Waals surface area contributed by atoms with Crippen molar-refractivity contribution in [1.82, 2.24) is 9.97 Å². The quantitative estimate of drug-likeness (QED) is 0.707. The molecule has 0 aliphatic rings. The van der Waals surface area contributed by atoms with Crippen molar-refractivity contribution in [3.63, 3.8) is 0 Å². The molecule has 2 N–H and O–H groups in total. The molecule has 0 atom stereocenters. The number of aromatic nitrogens is 2. The summed E-state index contributed by atoms with van der Waals surface area (Å²) in [6, 6.07) is 8.05. The van der Waals surface area contributed by atoms with E-state index in [4.69, 9.17) is 4.74 Å². The zero-order valence-corrected chi connectivity index (χ0v) is 12.3. The molecular formula is C16H11F3N2O3. The maximum absolute atomic E-state index is 13.4. The summed E-state index contributed by atoms with van der Waals surface area (Å²) in [4.78, 5) is 27.2. The van der Waals surface area contributed by atoms with Crippen LogP contribution in [0, 0.1) is 0 Å². The molecule has 0 aliphatic heterocycles. The molecule has 1 aromatic heterocycles. The molecular weight excluding hydrogens is 325 g/mol. The maximum atomic E-state index is 13.4. The number of hydrogen-bond acceptors (Lipinski definition) is 3. The lowest BCUT2D eigenvalue weighted by molar-refractivity contribution is -0.137. The Morgan fingerprint density at radius 2 is 1.46 bits per heavy atom. The predicted molar refractivity (Wildman–Crippen MR) is 82.2 cm³/mol. The zero-order chi connectivity index (χ0) is 17.5. The number of benzene rings is 2. The number of nitrogens with one attached hydrogen (secondary N) is 2. The number of fused-ring (bicyclic) bond motifs is 1. The van der Waals surface area contributed by atoms with E-state index in [0.29, 0.717) is 11.3 Å². The fraction of sp³-hybridized carbons (Fsp3) is 0.125. The molecule has 0 radical (unpaired) electrons. The SMILES string of the molecule is COc1ccc(-c2cc3[nH]c(=O)c(=O)[nH]c3cc2C(F)(F)F)cc1. The van der Waals surface area contributed by atoms with Crippen LogP contribution in [-0.4, -0.2) is 17.1 Å². The van der Waals surface area contributed by atoms with Gasteiger partial charge >= 0.3 is 17.3 Å². The summed E-state index contributed by atoms with van der Waals surface area (Å²) in [6.45, 7) is 0. The number of rotatable bonds is 2. The average molecular weight is 336 g/mol. The lowest BCUT2D eigenvalue weighted by Crippen LogP contribution is -2.29. The Bertz CT molecular complexity index is 1020. The zero-order valence-electron chi connectivity index (χ0n) is 12.3. The van der Waals surface area contributed by atoms with Gasteiger partial charge in [-0.05, 0) is 35.4 Å². The second-order valence-corrected chi connectivity index (χ2v) is 5.08. The van der Waals surface area contributed by atoms with Gasteiger partial charge in [0.25, 0.3) is 0 Å². The highest BCUT2D eigenvalue weighted by Gasteiger charge is 2.34. The van der Waals surface area contributed by atoms with Gasteiger partial charge in [0, 0.05) is 0 Å². The molecule has 3 rings (SSSR count). The fourth-order valence-corrected chi connectivity index (χ4v) is 2.41. The van der Waals surface area contributed by atoms with E-state index in [2.05, 4.69) is 9.97 Å². The van der Waals surface area contributed by atoms with Gasteiger partial charge in [0.15, 0.2) is 0 Å². The minimum atomic E-state index is -4.63. The molecule has 0 bridgehead atoms. The first kappa shape index (κ1) is 15.9. The average Bonchev–Trinajstić information content (AvgIpc) is 2.54. The van der Waals surface area contributed by atoms with Crippen LogP contribution in [0.1, 0.15) is 5.56 Å². The summed E-state index contributed by atoms with van der Waals surface area (Å²) in [5.41, 5.74) is -2.64. The Labute approximate surface area is 132 Å². The molecule has 8 heteroatoms. The number of alkyl halides is 3. The topological polar surface area (TPSA) is 75.0 Å². The van der Waals surface area contributed by atoms with E-state index < -0.39 is 22.9 Å². The van der Waals surface area contributed by atoms with Crippen molar-refractivity contribution in [3.05, 3.63) is 62.7 Å². The molecule has 1 heterocycles. The Morgan fingerprint density at radius 1 is 0.917 bits per heavy atom. The van der Waals surface area contributed by atoms with Gasteiger partial charge < -0.3 is 14.7 Å². The minimum Gasteiger partial charge on any atom is -0.497 e. The van der Waals surface area contributed by atoms with E-state index >= 15 is 0 Å². The van der Waals surface area contributed by atoms with Gasteiger partial charge in [-0.3, -0.25) is 9.59 Å². The molecule has 5 nitrogen and oxygen atoms in total. The lowest BCUT2D eigenvalue weighted by Gasteiger charge is -2.14. The van der Waals surface area contributed by atoms with Crippen molar-refractivity contribution in [2.45, 2.75) is 6.18 Å². The third-order valence-corrected chi connectivity index (χ3v) is 3.57. The maximum Gasteiger partial charge on any atom is 0.417 e. The van der Waals surface area contributed by atoms with Crippen LogP contribution in [0.4, 0.5) is 13.2 Å². The van der Waals surface area contributed by atoms with Crippen LogP contribution in [-0.2, 0) is 6.18 Å². The number of ether oxygens (including phenoxy) is 1. The van der Waals surface area contributed by atoms with Crippen LogP contribution >= 0.6 is 0 Å². The van der Waals surface area contributed by atoms with Crippen molar-refractivity contribution in [2.75, 3.05) is 7.11 Å². The molecule has 0 fully saturated rings. The Kier molecular flexibility index (Phi) is 3.67. The highest BCUT2D eigenvalue weighted by molar-refractivity contribution is 5.84. The summed E-state index contributed by atoms with van der Waals surface area (Å²) >= 11 is 0. The van der Waals surface area contributed by atoms with Crippen LogP contribution in [0.25, 0.3) is 22.2 Å². The highest BCUT2D eigenvalue weighted by atomic mass is 19.4.